The van der Waals surface area contributed by atoms with Gasteiger partial charge in [0, 0.05) is 24.1 Å². The maximum absolute atomic E-state index is 10.6. The van der Waals surface area contributed by atoms with Gasteiger partial charge in [0.1, 0.15) is 0 Å². The van der Waals surface area contributed by atoms with E-state index in [1.807, 2.05) is 6.92 Å². The van der Waals surface area contributed by atoms with Crippen molar-refractivity contribution in [3.8, 4) is 0 Å². The molecule has 2 unspecified atom stereocenters. The summed E-state index contributed by atoms with van der Waals surface area (Å²) in [6.45, 7) is 2.63. The summed E-state index contributed by atoms with van der Waals surface area (Å²) in [5, 5.41) is 14.0. The minimum absolute atomic E-state index is 0.0684. The van der Waals surface area contributed by atoms with E-state index in [4.69, 9.17) is 4.74 Å². The van der Waals surface area contributed by atoms with E-state index in [1.54, 1.807) is 11.3 Å². The Bertz CT molecular complexity index is 534. The highest BCUT2D eigenvalue weighted by atomic mass is 32.1. The van der Waals surface area contributed by atoms with Crippen LogP contribution in [-0.2, 0) is 11.2 Å². The van der Waals surface area contributed by atoms with Crippen molar-refractivity contribution in [3.05, 3.63) is 35.2 Å². The maximum Gasteiger partial charge on any atom is 0.0967 e. The molecule has 1 N–H and O–H groups in total. The van der Waals surface area contributed by atoms with Crippen molar-refractivity contribution >= 4 is 21.4 Å². The first-order valence-corrected chi connectivity index (χ1v) is 6.86. The van der Waals surface area contributed by atoms with Crippen molar-refractivity contribution in [2.24, 2.45) is 0 Å². The Kier molecular flexibility index (Phi) is 2.69. The van der Waals surface area contributed by atoms with E-state index in [-0.39, 0.29) is 6.10 Å². The fourth-order valence-corrected chi connectivity index (χ4v) is 3.47. The lowest BCUT2D eigenvalue weighted by Gasteiger charge is -2.25. The van der Waals surface area contributed by atoms with Crippen molar-refractivity contribution in [1.82, 2.24) is 0 Å². The van der Waals surface area contributed by atoms with E-state index in [1.165, 1.54) is 15.6 Å². The van der Waals surface area contributed by atoms with Crippen molar-refractivity contribution in [2.45, 2.75) is 31.5 Å². The van der Waals surface area contributed by atoms with Crippen LogP contribution in [0.1, 0.15) is 18.9 Å². The molecule has 0 saturated carbocycles. The van der Waals surface area contributed by atoms with E-state index in [2.05, 4.69) is 29.6 Å². The molecular weight excluding hydrogens is 232 g/mol. The normalized spacial score (nSPS) is 28.9. The van der Waals surface area contributed by atoms with Crippen LogP contribution in [0.5, 0.6) is 0 Å². The topological polar surface area (TPSA) is 29.5 Å². The van der Waals surface area contributed by atoms with Crippen LogP contribution in [0, 0.1) is 0 Å². The summed E-state index contributed by atoms with van der Waals surface area (Å²) in [7, 11) is 0. The van der Waals surface area contributed by atoms with Crippen molar-refractivity contribution in [2.75, 3.05) is 6.61 Å². The van der Waals surface area contributed by atoms with Gasteiger partial charge in [0.15, 0.2) is 0 Å². The summed E-state index contributed by atoms with van der Waals surface area (Å²) in [4.78, 5) is 0. The SMILES string of the molecule is CC1OCCC1(O)Cc1csc2ccccc12. The van der Waals surface area contributed by atoms with Crippen molar-refractivity contribution in [3.63, 3.8) is 0 Å². The fourth-order valence-electron chi connectivity index (χ4n) is 2.50. The van der Waals surface area contributed by atoms with Crippen molar-refractivity contribution in [1.29, 1.82) is 0 Å². The molecule has 0 radical (unpaired) electrons. The molecule has 2 heterocycles. The van der Waals surface area contributed by atoms with Gasteiger partial charge in [-0.3, -0.25) is 0 Å². The molecule has 1 aromatic carbocycles. The molecule has 1 aliphatic rings. The van der Waals surface area contributed by atoms with Crippen LogP contribution in [-0.4, -0.2) is 23.4 Å². The zero-order valence-corrected chi connectivity index (χ0v) is 10.7. The zero-order chi connectivity index (χ0) is 11.9. The molecular formula is C14H16O2S. The molecule has 1 fully saturated rings. The first kappa shape index (κ1) is 11.2. The summed E-state index contributed by atoms with van der Waals surface area (Å²) in [5.41, 5.74) is 0.551. The summed E-state index contributed by atoms with van der Waals surface area (Å²) >= 11 is 1.75. The molecule has 2 aromatic rings. The van der Waals surface area contributed by atoms with Crippen LogP contribution >= 0.6 is 11.3 Å². The minimum Gasteiger partial charge on any atom is -0.387 e. The van der Waals surface area contributed by atoms with Crippen LogP contribution in [0.2, 0.25) is 0 Å². The summed E-state index contributed by atoms with van der Waals surface area (Å²) < 4.78 is 6.77. The van der Waals surface area contributed by atoms with Gasteiger partial charge in [-0.2, -0.15) is 0 Å². The van der Waals surface area contributed by atoms with E-state index < -0.39 is 5.60 Å². The average molecular weight is 248 g/mol. The van der Waals surface area contributed by atoms with Crippen LogP contribution in [0.15, 0.2) is 29.6 Å². The lowest BCUT2D eigenvalue weighted by Crippen LogP contribution is -2.38. The lowest BCUT2D eigenvalue weighted by molar-refractivity contribution is -0.0266. The van der Waals surface area contributed by atoms with E-state index in [0.717, 1.165) is 6.42 Å². The molecule has 0 aliphatic carbocycles. The average Bonchev–Trinajstić information content (AvgIpc) is 2.86. The second-order valence-corrected chi connectivity index (χ2v) is 5.71. The molecule has 90 valence electrons. The number of rotatable bonds is 2. The number of ether oxygens (including phenoxy) is 1. The van der Waals surface area contributed by atoms with Gasteiger partial charge >= 0.3 is 0 Å². The number of hydrogen-bond donors (Lipinski definition) is 1. The minimum atomic E-state index is -0.691. The first-order valence-electron chi connectivity index (χ1n) is 5.98. The number of fused-ring (bicyclic) bond motifs is 1. The molecule has 3 heteroatoms. The molecule has 1 saturated heterocycles. The maximum atomic E-state index is 10.6. The van der Waals surface area contributed by atoms with Crippen LogP contribution in [0.25, 0.3) is 10.1 Å². The molecule has 3 rings (SSSR count). The first-order chi connectivity index (χ1) is 8.19. The predicted octanol–water partition coefficient (Wildman–Crippen LogP) is 2.98. The number of aliphatic hydroxyl groups is 1. The largest absolute Gasteiger partial charge is 0.387 e. The Morgan fingerprint density at radius 1 is 1.47 bits per heavy atom. The number of hydrogen-bond acceptors (Lipinski definition) is 3. The lowest BCUT2D eigenvalue weighted by atomic mass is 9.89. The third-order valence-corrected chi connectivity index (χ3v) is 4.73. The van der Waals surface area contributed by atoms with E-state index in [9.17, 15) is 5.11 Å². The highest BCUT2D eigenvalue weighted by Gasteiger charge is 2.39. The monoisotopic (exact) mass is 248 g/mol. The summed E-state index contributed by atoms with van der Waals surface area (Å²) in [5.74, 6) is 0. The van der Waals surface area contributed by atoms with Gasteiger partial charge in [-0.1, -0.05) is 18.2 Å². The molecule has 2 nitrogen and oxygen atoms in total. The van der Waals surface area contributed by atoms with Crippen molar-refractivity contribution < 1.29 is 9.84 Å². The highest BCUT2D eigenvalue weighted by molar-refractivity contribution is 7.17. The molecule has 0 bridgehead atoms. The van der Waals surface area contributed by atoms with Gasteiger partial charge in [0.25, 0.3) is 0 Å². The molecule has 17 heavy (non-hydrogen) atoms. The Morgan fingerprint density at radius 2 is 2.29 bits per heavy atom. The quantitative estimate of drug-likeness (QED) is 0.885. The summed E-state index contributed by atoms with van der Waals surface area (Å²) in [6, 6.07) is 8.36. The highest BCUT2D eigenvalue weighted by Crippen LogP contribution is 2.34. The Labute approximate surface area is 105 Å². The van der Waals surface area contributed by atoms with Crippen LogP contribution in [0.3, 0.4) is 0 Å². The molecule has 0 spiro atoms. The number of benzene rings is 1. The Balaban J connectivity index is 1.95. The van der Waals surface area contributed by atoms with Gasteiger partial charge in [0.05, 0.1) is 11.7 Å². The number of thiophene rings is 1. The molecule has 2 atom stereocenters. The summed E-state index contributed by atoms with van der Waals surface area (Å²) in [6.07, 6.45) is 1.36. The third-order valence-electron chi connectivity index (χ3n) is 3.72. The fraction of sp³-hybridized carbons (Fsp3) is 0.429. The van der Waals surface area contributed by atoms with Gasteiger partial charge in [-0.15, -0.1) is 11.3 Å². The van der Waals surface area contributed by atoms with Gasteiger partial charge < -0.3 is 9.84 Å². The van der Waals surface area contributed by atoms with Crippen LogP contribution in [0.4, 0.5) is 0 Å². The standard InChI is InChI=1S/C14H16O2S/c1-10-14(15,6-7-16-10)8-11-9-17-13-5-3-2-4-12(11)13/h2-5,9-10,15H,6-8H2,1H3. The molecule has 1 aromatic heterocycles. The van der Waals surface area contributed by atoms with Gasteiger partial charge in [-0.05, 0) is 29.3 Å². The predicted molar refractivity (Wildman–Crippen MR) is 70.5 cm³/mol. The molecule has 1 aliphatic heterocycles. The molecule has 0 amide bonds. The van der Waals surface area contributed by atoms with Gasteiger partial charge in [0.2, 0.25) is 0 Å². The smallest absolute Gasteiger partial charge is 0.0967 e. The van der Waals surface area contributed by atoms with E-state index >= 15 is 0 Å². The van der Waals surface area contributed by atoms with Crippen LogP contribution < -0.4 is 0 Å². The van der Waals surface area contributed by atoms with E-state index in [0.29, 0.717) is 13.0 Å². The third kappa shape index (κ3) is 1.88. The van der Waals surface area contributed by atoms with Gasteiger partial charge in [-0.25, -0.2) is 0 Å². The second-order valence-electron chi connectivity index (χ2n) is 4.80. The zero-order valence-electron chi connectivity index (χ0n) is 9.85. The Morgan fingerprint density at radius 3 is 3.06 bits per heavy atom. The Hall–Kier alpha value is -0.900. The second kappa shape index (κ2) is 4.09.